The van der Waals surface area contributed by atoms with E-state index < -0.39 is 5.60 Å². The number of halogens is 1. The minimum absolute atomic E-state index is 0.269. The van der Waals surface area contributed by atoms with Crippen LogP contribution in [0.3, 0.4) is 0 Å². The highest BCUT2D eigenvalue weighted by Crippen LogP contribution is 2.41. The summed E-state index contributed by atoms with van der Waals surface area (Å²) in [5.74, 6) is -0.379. The largest absolute Gasteiger partial charge is 0.375 e. The monoisotopic (exact) mass is 572 g/mol. The van der Waals surface area contributed by atoms with Crippen molar-refractivity contribution >= 4 is 22.8 Å². The van der Waals surface area contributed by atoms with Gasteiger partial charge in [-0.2, -0.15) is 0 Å². The molecule has 0 amide bonds. The molecule has 1 aromatic heterocycles. The van der Waals surface area contributed by atoms with Gasteiger partial charge in [0.15, 0.2) is 5.43 Å². The van der Waals surface area contributed by atoms with Crippen molar-refractivity contribution in [2.45, 2.75) is 24.5 Å². The minimum Gasteiger partial charge on any atom is -0.375 e. The fourth-order valence-corrected chi connectivity index (χ4v) is 6.11. The number of piperazine rings is 1. The number of hydrogen-bond donors (Lipinski definition) is 1. The fraction of sp³-hybridized carbons (Fsp3) is 0.222. The van der Waals surface area contributed by atoms with Crippen LogP contribution in [0.4, 0.5) is 10.1 Å². The molecule has 6 nitrogen and oxygen atoms in total. The Labute approximate surface area is 250 Å². The first kappa shape index (κ1) is 27.1. The summed E-state index contributed by atoms with van der Waals surface area (Å²) < 4.78 is 17.6. The zero-order valence-corrected chi connectivity index (χ0v) is 23.8. The van der Waals surface area contributed by atoms with Crippen LogP contribution in [-0.4, -0.2) is 37.0 Å². The maximum Gasteiger partial charge on any atom is 0.212 e. The summed E-state index contributed by atoms with van der Waals surface area (Å²) in [4.78, 5) is 22.4. The van der Waals surface area contributed by atoms with Crippen LogP contribution >= 0.6 is 0 Å². The van der Waals surface area contributed by atoms with E-state index >= 15 is 4.39 Å². The van der Waals surface area contributed by atoms with Gasteiger partial charge in [0.05, 0.1) is 23.0 Å². The molecular formula is C36H33FN4O2. The normalized spacial score (nSPS) is 15.7. The molecule has 0 unspecified atom stereocenters. The number of nitrogens with zero attached hydrogens (tertiary/aromatic N) is 3. The highest BCUT2D eigenvalue weighted by molar-refractivity contribution is 5.90. The predicted molar refractivity (Wildman–Crippen MR) is 169 cm³/mol. The van der Waals surface area contributed by atoms with Gasteiger partial charge in [0.2, 0.25) is 5.60 Å². The molecule has 1 saturated carbocycles. The van der Waals surface area contributed by atoms with Crippen molar-refractivity contribution in [1.29, 1.82) is 0 Å². The number of anilines is 1. The topological polar surface area (TPSA) is 58.9 Å². The van der Waals surface area contributed by atoms with E-state index in [4.69, 9.17) is 4.84 Å². The van der Waals surface area contributed by atoms with E-state index in [2.05, 4.69) is 15.0 Å². The smallest absolute Gasteiger partial charge is 0.212 e. The Bertz CT molecular complexity index is 1720. The van der Waals surface area contributed by atoms with Crippen molar-refractivity contribution in [3.63, 3.8) is 0 Å². The van der Waals surface area contributed by atoms with Crippen LogP contribution in [0.5, 0.6) is 0 Å². The summed E-state index contributed by atoms with van der Waals surface area (Å²) in [7, 11) is 0. The third-order valence-corrected chi connectivity index (χ3v) is 8.45. The van der Waals surface area contributed by atoms with E-state index in [-0.39, 0.29) is 17.3 Å². The van der Waals surface area contributed by atoms with Gasteiger partial charge in [0.25, 0.3) is 0 Å². The molecule has 1 aliphatic heterocycles. The minimum atomic E-state index is -1.06. The molecule has 0 radical (unpaired) electrons. The third-order valence-electron chi connectivity index (χ3n) is 8.45. The van der Waals surface area contributed by atoms with Gasteiger partial charge >= 0.3 is 0 Å². The second-order valence-corrected chi connectivity index (χ2v) is 11.2. The molecule has 7 rings (SSSR count). The van der Waals surface area contributed by atoms with Gasteiger partial charge in [-0.1, -0.05) is 96.2 Å². The van der Waals surface area contributed by atoms with Crippen molar-refractivity contribution in [2.24, 2.45) is 5.16 Å². The first-order chi connectivity index (χ1) is 21.1. The molecule has 2 aliphatic rings. The van der Waals surface area contributed by atoms with Crippen LogP contribution in [0.15, 0.2) is 119 Å². The fourth-order valence-electron chi connectivity index (χ4n) is 6.11. The lowest BCUT2D eigenvalue weighted by Crippen LogP contribution is -2.43. The summed E-state index contributed by atoms with van der Waals surface area (Å²) in [5.41, 5.74) is 3.05. The maximum atomic E-state index is 15.5. The van der Waals surface area contributed by atoms with Crippen LogP contribution in [0, 0.1) is 5.82 Å². The Morgan fingerprint density at radius 2 is 1.40 bits per heavy atom. The second-order valence-electron chi connectivity index (χ2n) is 11.2. The molecule has 1 aliphatic carbocycles. The van der Waals surface area contributed by atoms with Gasteiger partial charge in [-0.25, -0.2) is 4.39 Å². The van der Waals surface area contributed by atoms with Crippen molar-refractivity contribution in [3.05, 3.63) is 148 Å². The van der Waals surface area contributed by atoms with E-state index in [1.807, 2.05) is 108 Å². The zero-order valence-electron chi connectivity index (χ0n) is 23.8. The molecule has 0 spiro atoms. The maximum absolute atomic E-state index is 15.5. The van der Waals surface area contributed by atoms with E-state index in [1.54, 1.807) is 0 Å². The standard InChI is InChI=1S/C36H33FN4O2/c37-32-22-31-33(23-34(32)40-20-18-38-19-21-40)41(30-16-17-30)25-26(35(31)42)24-39-43-36(27-10-4-1-5-11-27,28-12-6-2-7-13-28)29-14-8-3-9-15-29/h1-15,22-25,30,38H,16-21H2/b39-24+. The van der Waals surface area contributed by atoms with E-state index in [0.29, 0.717) is 16.6 Å². The van der Waals surface area contributed by atoms with Crippen molar-refractivity contribution in [1.82, 2.24) is 9.88 Å². The molecule has 0 atom stereocenters. The highest BCUT2D eigenvalue weighted by Gasteiger charge is 2.39. The van der Waals surface area contributed by atoms with E-state index in [9.17, 15) is 4.79 Å². The van der Waals surface area contributed by atoms with Gasteiger partial charge in [0.1, 0.15) is 5.82 Å². The Balaban J connectivity index is 1.33. The van der Waals surface area contributed by atoms with Crippen LogP contribution in [-0.2, 0) is 10.4 Å². The number of rotatable bonds is 8. The number of fused-ring (bicyclic) bond motifs is 1. The number of pyridine rings is 1. The molecule has 43 heavy (non-hydrogen) atoms. The van der Waals surface area contributed by atoms with Crippen molar-refractivity contribution in [3.8, 4) is 0 Å². The van der Waals surface area contributed by atoms with E-state index in [1.165, 1.54) is 12.3 Å². The number of hydrogen-bond acceptors (Lipinski definition) is 5. The third kappa shape index (κ3) is 5.10. The molecule has 7 heteroatoms. The van der Waals surface area contributed by atoms with Crippen LogP contribution < -0.4 is 15.6 Å². The Kier molecular flexibility index (Phi) is 7.25. The molecular weight excluding hydrogens is 539 g/mol. The molecule has 2 heterocycles. The molecule has 5 aromatic rings. The van der Waals surface area contributed by atoms with Gasteiger partial charge in [0, 0.05) is 60.5 Å². The predicted octanol–water partition coefficient (Wildman–Crippen LogP) is 6.23. The van der Waals surface area contributed by atoms with Crippen LogP contribution in [0.25, 0.3) is 10.9 Å². The SMILES string of the molecule is O=c1c(/C=N/OC(c2ccccc2)(c2ccccc2)c2ccccc2)cn(C2CC2)c2cc(N3CCNCC3)c(F)cc12. The molecule has 216 valence electrons. The van der Waals surface area contributed by atoms with Crippen molar-refractivity contribution < 1.29 is 9.23 Å². The van der Waals surface area contributed by atoms with Gasteiger partial charge in [-0.05, 0) is 25.0 Å². The highest BCUT2D eigenvalue weighted by atomic mass is 19.1. The lowest BCUT2D eigenvalue weighted by Gasteiger charge is -2.33. The summed E-state index contributed by atoms with van der Waals surface area (Å²) in [6.45, 7) is 3.06. The van der Waals surface area contributed by atoms with Crippen LogP contribution in [0.2, 0.25) is 0 Å². The Morgan fingerprint density at radius 3 is 1.93 bits per heavy atom. The molecule has 0 bridgehead atoms. The molecule has 2 fully saturated rings. The summed E-state index contributed by atoms with van der Waals surface area (Å²) in [6, 6.07) is 33.4. The summed E-state index contributed by atoms with van der Waals surface area (Å²) >= 11 is 0. The van der Waals surface area contributed by atoms with Crippen LogP contribution in [0.1, 0.15) is 41.1 Å². The van der Waals surface area contributed by atoms with Crippen molar-refractivity contribution in [2.75, 3.05) is 31.1 Å². The van der Waals surface area contributed by atoms with Gasteiger partial charge < -0.3 is 19.6 Å². The first-order valence-electron chi connectivity index (χ1n) is 14.9. The lowest BCUT2D eigenvalue weighted by atomic mass is 9.80. The number of benzene rings is 4. The number of oxime groups is 1. The molecule has 1 saturated heterocycles. The lowest BCUT2D eigenvalue weighted by molar-refractivity contribution is 0.0183. The summed E-state index contributed by atoms with van der Waals surface area (Å²) in [6.07, 6.45) is 5.37. The summed E-state index contributed by atoms with van der Waals surface area (Å²) in [5, 5.41) is 8.17. The molecule has 1 N–H and O–H groups in total. The number of nitrogens with one attached hydrogen (secondary N) is 1. The first-order valence-corrected chi connectivity index (χ1v) is 14.9. The Morgan fingerprint density at radius 1 is 0.837 bits per heavy atom. The van der Waals surface area contributed by atoms with E-state index in [0.717, 1.165) is 61.2 Å². The second kappa shape index (κ2) is 11.5. The zero-order chi connectivity index (χ0) is 29.2. The average molecular weight is 573 g/mol. The Hall–Kier alpha value is -4.75. The number of aromatic nitrogens is 1. The van der Waals surface area contributed by atoms with Gasteiger partial charge in [-0.15, -0.1) is 0 Å². The van der Waals surface area contributed by atoms with Gasteiger partial charge in [-0.3, -0.25) is 4.79 Å². The quantitative estimate of drug-likeness (QED) is 0.136. The molecule has 4 aromatic carbocycles. The average Bonchev–Trinajstić information content (AvgIpc) is 3.92.